The first-order valence-corrected chi connectivity index (χ1v) is 8.34. The van der Waals surface area contributed by atoms with Gasteiger partial charge in [0.25, 0.3) is 0 Å². The molecule has 1 aromatic carbocycles. The van der Waals surface area contributed by atoms with Crippen molar-refractivity contribution in [3.05, 3.63) is 36.2 Å². The van der Waals surface area contributed by atoms with Crippen molar-refractivity contribution in [2.24, 2.45) is 11.8 Å². The molecule has 24 heavy (non-hydrogen) atoms. The number of rotatable bonds is 6. The molecule has 2 atom stereocenters. The largest absolute Gasteiger partial charge is 0.378 e. The molecule has 1 aliphatic heterocycles. The van der Waals surface area contributed by atoms with Crippen LogP contribution in [0.25, 0.3) is 5.69 Å². The van der Waals surface area contributed by atoms with E-state index in [1.165, 1.54) is 6.33 Å². The fraction of sp³-hybridized carbons (Fsp3) is 0.529. The number of carbonyl (C=O) groups excluding carboxylic acids is 1. The van der Waals surface area contributed by atoms with Crippen LogP contribution in [0.4, 0.5) is 0 Å². The average Bonchev–Trinajstić information content (AvgIpc) is 3.25. The van der Waals surface area contributed by atoms with Crippen LogP contribution in [0.15, 0.2) is 30.6 Å². The number of nitrogens with zero attached hydrogens (tertiary/aromatic N) is 4. The van der Waals surface area contributed by atoms with Crippen LogP contribution in [0.2, 0.25) is 0 Å². The van der Waals surface area contributed by atoms with Crippen molar-refractivity contribution in [1.82, 2.24) is 25.5 Å². The number of aromatic nitrogens is 4. The van der Waals surface area contributed by atoms with E-state index in [4.69, 9.17) is 4.74 Å². The number of hydrogen-bond donors (Lipinski definition) is 1. The minimum Gasteiger partial charge on any atom is -0.378 e. The molecule has 2 aromatic rings. The van der Waals surface area contributed by atoms with E-state index >= 15 is 0 Å². The van der Waals surface area contributed by atoms with Gasteiger partial charge < -0.3 is 10.1 Å². The number of ether oxygens (including phenoxy) is 1. The molecule has 2 unspecified atom stereocenters. The van der Waals surface area contributed by atoms with E-state index < -0.39 is 0 Å². The maximum atomic E-state index is 12.2. The molecule has 128 valence electrons. The SMILES string of the molecule is CC(C)C1OCCC1CNC(=O)Cc1ccc(-n2cnnn2)cc1. The molecule has 0 aliphatic carbocycles. The first-order chi connectivity index (χ1) is 11.6. The first kappa shape index (κ1) is 16.6. The lowest BCUT2D eigenvalue weighted by atomic mass is 9.93. The van der Waals surface area contributed by atoms with Crippen LogP contribution in [-0.2, 0) is 16.0 Å². The molecule has 7 nitrogen and oxygen atoms in total. The Morgan fingerprint density at radius 1 is 1.38 bits per heavy atom. The topological polar surface area (TPSA) is 81.9 Å². The third-order valence-corrected chi connectivity index (χ3v) is 4.40. The maximum absolute atomic E-state index is 12.2. The molecule has 0 radical (unpaired) electrons. The summed E-state index contributed by atoms with van der Waals surface area (Å²) in [5.41, 5.74) is 1.83. The van der Waals surface area contributed by atoms with Crippen LogP contribution >= 0.6 is 0 Å². The van der Waals surface area contributed by atoms with Gasteiger partial charge in [-0.1, -0.05) is 26.0 Å². The molecule has 2 heterocycles. The van der Waals surface area contributed by atoms with Crippen LogP contribution in [0, 0.1) is 11.8 Å². The van der Waals surface area contributed by atoms with E-state index in [1.54, 1.807) is 4.68 Å². The van der Waals surface area contributed by atoms with Gasteiger partial charge in [0.15, 0.2) is 0 Å². The van der Waals surface area contributed by atoms with Gasteiger partial charge in [0, 0.05) is 19.1 Å². The summed E-state index contributed by atoms with van der Waals surface area (Å²) >= 11 is 0. The first-order valence-electron chi connectivity index (χ1n) is 8.34. The molecule has 1 saturated heterocycles. The summed E-state index contributed by atoms with van der Waals surface area (Å²) in [5.74, 6) is 0.934. The summed E-state index contributed by atoms with van der Waals surface area (Å²) in [7, 11) is 0. The molecule has 1 fully saturated rings. The van der Waals surface area contributed by atoms with Gasteiger partial charge in [-0.15, -0.1) is 5.10 Å². The lowest BCUT2D eigenvalue weighted by Gasteiger charge is -2.22. The normalized spacial score (nSPS) is 20.5. The third-order valence-electron chi connectivity index (χ3n) is 4.40. The highest BCUT2D eigenvalue weighted by Gasteiger charge is 2.30. The molecule has 0 saturated carbocycles. The summed E-state index contributed by atoms with van der Waals surface area (Å²) in [4.78, 5) is 12.2. The highest BCUT2D eigenvalue weighted by Crippen LogP contribution is 2.26. The van der Waals surface area contributed by atoms with Crippen LogP contribution < -0.4 is 5.32 Å². The second-order valence-corrected chi connectivity index (χ2v) is 6.53. The predicted octanol–water partition coefficient (Wildman–Crippen LogP) is 1.38. The molecule has 1 aromatic heterocycles. The van der Waals surface area contributed by atoms with Crippen molar-refractivity contribution >= 4 is 5.91 Å². The van der Waals surface area contributed by atoms with Crippen LogP contribution in [0.5, 0.6) is 0 Å². The Balaban J connectivity index is 1.50. The lowest BCUT2D eigenvalue weighted by Crippen LogP contribution is -2.35. The Bertz CT molecular complexity index is 654. The van der Waals surface area contributed by atoms with E-state index in [9.17, 15) is 4.79 Å². The Labute approximate surface area is 141 Å². The van der Waals surface area contributed by atoms with Crippen LogP contribution in [0.3, 0.4) is 0 Å². The molecular weight excluding hydrogens is 306 g/mol. The molecule has 1 amide bonds. The van der Waals surface area contributed by atoms with Gasteiger partial charge in [0.05, 0.1) is 18.2 Å². The minimum absolute atomic E-state index is 0.0413. The molecule has 0 bridgehead atoms. The maximum Gasteiger partial charge on any atom is 0.224 e. The Kier molecular flexibility index (Phi) is 5.20. The van der Waals surface area contributed by atoms with Gasteiger partial charge in [0.1, 0.15) is 6.33 Å². The molecule has 1 aliphatic rings. The van der Waals surface area contributed by atoms with E-state index in [-0.39, 0.29) is 12.0 Å². The Hall–Kier alpha value is -2.28. The van der Waals surface area contributed by atoms with Gasteiger partial charge in [-0.3, -0.25) is 4.79 Å². The van der Waals surface area contributed by atoms with E-state index in [0.29, 0.717) is 24.8 Å². The number of hydrogen-bond acceptors (Lipinski definition) is 5. The quantitative estimate of drug-likeness (QED) is 0.866. The fourth-order valence-electron chi connectivity index (χ4n) is 3.15. The number of carbonyl (C=O) groups is 1. The highest BCUT2D eigenvalue weighted by atomic mass is 16.5. The molecule has 7 heteroatoms. The second kappa shape index (κ2) is 7.53. The van der Waals surface area contributed by atoms with Gasteiger partial charge in [-0.05, 0) is 40.5 Å². The van der Waals surface area contributed by atoms with Gasteiger partial charge >= 0.3 is 0 Å². The summed E-state index contributed by atoms with van der Waals surface area (Å²) in [6.07, 6.45) is 3.18. The zero-order valence-corrected chi connectivity index (χ0v) is 14.1. The minimum atomic E-state index is 0.0413. The van der Waals surface area contributed by atoms with Crippen molar-refractivity contribution < 1.29 is 9.53 Å². The number of benzene rings is 1. The number of nitrogens with one attached hydrogen (secondary N) is 1. The monoisotopic (exact) mass is 329 g/mol. The van der Waals surface area contributed by atoms with Crippen molar-refractivity contribution in [1.29, 1.82) is 0 Å². The van der Waals surface area contributed by atoms with Gasteiger partial charge in [-0.2, -0.15) is 0 Å². The fourth-order valence-corrected chi connectivity index (χ4v) is 3.15. The molecule has 1 N–H and O–H groups in total. The third kappa shape index (κ3) is 3.97. The summed E-state index contributed by atoms with van der Waals surface area (Å²) in [5, 5.41) is 14.1. The average molecular weight is 329 g/mol. The van der Waals surface area contributed by atoms with E-state index in [1.807, 2.05) is 24.3 Å². The van der Waals surface area contributed by atoms with E-state index in [0.717, 1.165) is 24.3 Å². The van der Waals surface area contributed by atoms with Crippen molar-refractivity contribution in [3.63, 3.8) is 0 Å². The molecule has 0 spiro atoms. The standard InChI is InChI=1S/C17H23N5O2/c1-12(2)17-14(7-8-24-17)10-18-16(23)9-13-3-5-15(6-4-13)22-11-19-20-21-22/h3-6,11-12,14,17H,7-10H2,1-2H3,(H,18,23). The Morgan fingerprint density at radius 3 is 2.83 bits per heavy atom. The smallest absolute Gasteiger partial charge is 0.224 e. The highest BCUT2D eigenvalue weighted by molar-refractivity contribution is 5.78. The lowest BCUT2D eigenvalue weighted by molar-refractivity contribution is -0.120. The van der Waals surface area contributed by atoms with Crippen LogP contribution in [0.1, 0.15) is 25.8 Å². The van der Waals surface area contributed by atoms with E-state index in [2.05, 4.69) is 34.7 Å². The van der Waals surface area contributed by atoms with Crippen molar-refractivity contribution in [2.45, 2.75) is 32.8 Å². The van der Waals surface area contributed by atoms with Gasteiger partial charge in [-0.25, -0.2) is 4.68 Å². The van der Waals surface area contributed by atoms with Gasteiger partial charge in [0.2, 0.25) is 5.91 Å². The van der Waals surface area contributed by atoms with Crippen molar-refractivity contribution in [2.75, 3.05) is 13.2 Å². The summed E-state index contributed by atoms with van der Waals surface area (Å²) < 4.78 is 7.34. The summed E-state index contributed by atoms with van der Waals surface area (Å²) in [6.45, 7) is 5.81. The second-order valence-electron chi connectivity index (χ2n) is 6.53. The van der Waals surface area contributed by atoms with Crippen LogP contribution in [-0.4, -0.2) is 45.4 Å². The Morgan fingerprint density at radius 2 is 2.17 bits per heavy atom. The summed E-state index contributed by atoms with van der Waals surface area (Å²) in [6, 6.07) is 7.65. The number of tetrazole rings is 1. The predicted molar refractivity (Wildman–Crippen MR) is 88.6 cm³/mol. The zero-order valence-electron chi connectivity index (χ0n) is 14.1. The van der Waals surface area contributed by atoms with Crippen molar-refractivity contribution in [3.8, 4) is 5.69 Å². The molecular formula is C17H23N5O2. The molecule has 3 rings (SSSR count). The number of amides is 1. The zero-order chi connectivity index (χ0) is 16.9.